The third-order valence-corrected chi connectivity index (χ3v) is 4.22. The topological polar surface area (TPSA) is 80.8 Å². The zero-order valence-electron chi connectivity index (χ0n) is 14.9. The minimum absolute atomic E-state index is 0.0137. The lowest BCUT2D eigenvalue weighted by molar-refractivity contribution is -0.133. The number of amides is 2. The normalized spacial score (nSPS) is 16.5. The molecule has 25 heavy (non-hydrogen) atoms. The van der Waals surface area contributed by atoms with Gasteiger partial charge < -0.3 is 19.7 Å². The summed E-state index contributed by atoms with van der Waals surface area (Å²) >= 11 is 0. The van der Waals surface area contributed by atoms with Crippen molar-refractivity contribution in [1.29, 1.82) is 0 Å². The van der Waals surface area contributed by atoms with E-state index in [9.17, 15) is 9.59 Å². The van der Waals surface area contributed by atoms with Gasteiger partial charge in [0, 0.05) is 43.7 Å². The summed E-state index contributed by atoms with van der Waals surface area (Å²) in [6.45, 7) is 6.45. The second-order valence-corrected chi connectivity index (χ2v) is 6.02. The van der Waals surface area contributed by atoms with Gasteiger partial charge in [-0.15, -0.1) is 0 Å². The van der Waals surface area contributed by atoms with E-state index in [-0.39, 0.29) is 17.9 Å². The Kier molecular flexibility index (Phi) is 7.81. The van der Waals surface area contributed by atoms with Crippen LogP contribution in [0, 0.1) is 0 Å². The number of hydrogen-bond donors (Lipinski definition) is 1. The summed E-state index contributed by atoms with van der Waals surface area (Å²) in [5.74, 6) is -0.102. The van der Waals surface area contributed by atoms with Crippen LogP contribution in [0.3, 0.4) is 0 Å². The van der Waals surface area contributed by atoms with Crippen molar-refractivity contribution in [3.05, 3.63) is 30.1 Å². The molecule has 7 nitrogen and oxygen atoms in total. The summed E-state index contributed by atoms with van der Waals surface area (Å²) in [6, 6.07) is 3.52. The van der Waals surface area contributed by atoms with Crippen LogP contribution in [-0.4, -0.2) is 66.8 Å². The fourth-order valence-corrected chi connectivity index (χ4v) is 2.73. The van der Waals surface area contributed by atoms with E-state index in [1.165, 1.54) is 0 Å². The van der Waals surface area contributed by atoms with Crippen molar-refractivity contribution < 1.29 is 19.1 Å². The van der Waals surface area contributed by atoms with Gasteiger partial charge >= 0.3 is 0 Å². The molecule has 1 aliphatic rings. The maximum atomic E-state index is 12.4. The summed E-state index contributed by atoms with van der Waals surface area (Å²) in [5, 5.41) is 3.01. The average molecular weight is 349 g/mol. The third kappa shape index (κ3) is 6.10. The number of likely N-dealkylation sites (tertiary alicyclic amines) is 1. The van der Waals surface area contributed by atoms with Crippen molar-refractivity contribution in [2.24, 2.45) is 0 Å². The van der Waals surface area contributed by atoms with Gasteiger partial charge in [0.1, 0.15) is 6.10 Å². The van der Waals surface area contributed by atoms with Crippen LogP contribution < -0.4 is 5.32 Å². The van der Waals surface area contributed by atoms with Gasteiger partial charge in [0.2, 0.25) is 5.91 Å². The van der Waals surface area contributed by atoms with E-state index in [0.29, 0.717) is 38.5 Å². The van der Waals surface area contributed by atoms with Gasteiger partial charge in [0.05, 0.1) is 13.2 Å². The molecule has 2 rings (SSSR count). The minimum atomic E-state index is -0.503. The summed E-state index contributed by atoms with van der Waals surface area (Å²) in [5.41, 5.74) is 0.647. The SMILES string of the molecule is CCOCCOC(C)C(=O)NC1CCN(C(=O)c2ccncc2)CC1. The highest BCUT2D eigenvalue weighted by Gasteiger charge is 2.25. The fourth-order valence-electron chi connectivity index (χ4n) is 2.73. The lowest BCUT2D eigenvalue weighted by atomic mass is 10.0. The first-order chi connectivity index (χ1) is 12.1. The summed E-state index contributed by atoms with van der Waals surface area (Å²) in [7, 11) is 0. The molecular weight excluding hydrogens is 322 g/mol. The Balaban J connectivity index is 1.71. The molecule has 1 N–H and O–H groups in total. The van der Waals surface area contributed by atoms with Crippen molar-refractivity contribution in [1.82, 2.24) is 15.2 Å². The highest BCUT2D eigenvalue weighted by molar-refractivity contribution is 5.94. The van der Waals surface area contributed by atoms with Gasteiger partial charge in [-0.25, -0.2) is 0 Å². The van der Waals surface area contributed by atoms with Crippen LogP contribution in [-0.2, 0) is 14.3 Å². The Bertz CT molecular complexity index is 545. The Morgan fingerprint density at radius 2 is 1.96 bits per heavy atom. The molecule has 0 spiro atoms. The van der Waals surface area contributed by atoms with Gasteiger partial charge in [-0.1, -0.05) is 0 Å². The molecule has 1 saturated heterocycles. The van der Waals surface area contributed by atoms with E-state index in [2.05, 4.69) is 10.3 Å². The molecular formula is C18H27N3O4. The summed E-state index contributed by atoms with van der Waals surface area (Å²) in [6.07, 6.45) is 4.22. The monoisotopic (exact) mass is 349 g/mol. The van der Waals surface area contributed by atoms with Crippen LogP contribution in [0.15, 0.2) is 24.5 Å². The molecule has 0 saturated carbocycles. The zero-order valence-corrected chi connectivity index (χ0v) is 14.9. The largest absolute Gasteiger partial charge is 0.379 e. The Labute approximate surface area is 148 Å². The second-order valence-electron chi connectivity index (χ2n) is 6.02. The van der Waals surface area contributed by atoms with E-state index in [0.717, 1.165) is 12.8 Å². The standard InChI is InChI=1S/C18H27N3O4/c1-3-24-12-13-25-14(2)17(22)20-16-6-10-21(11-7-16)18(23)15-4-8-19-9-5-15/h4-5,8-9,14,16H,3,6-7,10-13H2,1-2H3,(H,20,22). The lowest BCUT2D eigenvalue weighted by Crippen LogP contribution is -2.48. The number of ether oxygens (including phenoxy) is 2. The van der Waals surface area contributed by atoms with Crippen molar-refractivity contribution >= 4 is 11.8 Å². The van der Waals surface area contributed by atoms with Crippen molar-refractivity contribution in [2.75, 3.05) is 32.9 Å². The van der Waals surface area contributed by atoms with Gasteiger partial charge in [0.25, 0.3) is 5.91 Å². The van der Waals surface area contributed by atoms with Crippen LogP contribution in [0.2, 0.25) is 0 Å². The number of nitrogens with one attached hydrogen (secondary N) is 1. The van der Waals surface area contributed by atoms with Crippen LogP contribution in [0.5, 0.6) is 0 Å². The molecule has 1 aromatic heterocycles. The first-order valence-electron chi connectivity index (χ1n) is 8.80. The van der Waals surface area contributed by atoms with Crippen molar-refractivity contribution in [3.63, 3.8) is 0 Å². The minimum Gasteiger partial charge on any atom is -0.379 e. The van der Waals surface area contributed by atoms with Crippen LogP contribution in [0.4, 0.5) is 0 Å². The number of hydrogen-bond acceptors (Lipinski definition) is 5. The second kappa shape index (κ2) is 10.1. The van der Waals surface area contributed by atoms with Gasteiger partial charge in [0.15, 0.2) is 0 Å². The van der Waals surface area contributed by atoms with Crippen LogP contribution in [0.1, 0.15) is 37.0 Å². The number of carbonyl (C=O) groups is 2. The summed E-state index contributed by atoms with van der Waals surface area (Å²) in [4.78, 5) is 30.3. The van der Waals surface area contributed by atoms with Crippen LogP contribution in [0.25, 0.3) is 0 Å². The van der Waals surface area contributed by atoms with E-state index in [1.54, 1.807) is 31.5 Å². The molecule has 1 unspecified atom stereocenters. The first-order valence-corrected chi connectivity index (χ1v) is 8.80. The lowest BCUT2D eigenvalue weighted by Gasteiger charge is -2.33. The smallest absolute Gasteiger partial charge is 0.253 e. The molecule has 138 valence electrons. The average Bonchev–Trinajstić information content (AvgIpc) is 2.65. The quantitative estimate of drug-likeness (QED) is 0.714. The van der Waals surface area contributed by atoms with Gasteiger partial charge in [-0.2, -0.15) is 0 Å². The molecule has 2 heterocycles. The van der Waals surface area contributed by atoms with E-state index >= 15 is 0 Å². The van der Waals surface area contributed by atoms with E-state index in [1.807, 2.05) is 11.8 Å². The molecule has 0 aromatic carbocycles. The molecule has 1 aliphatic heterocycles. The number of nitrogens with zero attached hydrogens (tertiary/aromatic N) is 2. The van der Waals surface area contributed by atoms with Gasteiger partial charge in [-0.3, -0.25) is 14.6 Å². The molecule has 1 fully saturated rings. The Hall–Kier alpha value is -1.99. The predicted molar refractivity (Wildman–Crippen MR) is 93.2 cm³/mol. The highest BCUT2D eigenvalue weighted by Crippen LogP contribution is 2.14. The number of piperidine rings is 1. The van der Waals surface area contributed by atoms with Crippen molar-refractivity contribution in [3.8, 4) is 0 Å². The maximum absolute atomic E-state index is 12.4. The molecule has 1 atom stereocenters. The maximum Gasteiger partial charge on any atom is 0.253 e. The first kappa shape index (κ1) is 19.3. The van der Waals surface area contributed by atoms with Gasteiger partial charge in [-0.05, 0) is 38.8 Å². The Morgan fingerprint density at radius 3 is 2.60 bits per heavy atom. The fraction of sp³-hybridized carbons (Fsp3) is 0.611. The van der Waals surface area contributed by atoms with Crippen LogP contribution >= 0.6 is 0 Å². The number of pyridine rings is 1. The van der Waals surface area contributed by atoms with E-state index < -0.39 is 6.10 Å². The molecule has 1 aromatic rings. The zero-order chi connectivity index (χ0) is 18.1. The third-order valence-electron chi connectivity index (χ3n) is 4.22. The van der Waals surface area contributed by atoms with Crippen molar-refractivity contribution in [2.45, 2.75) is 38.8 Å². The molecule has 2 amide bonds. The number of rotatable bonds is 8. The molecule has 0 bridgehead atoms. The molecule has 0 radical (unpaired) electrons. The van der Waals surface area contributed by atoms with E-state index in [4.69, 9.17) is 9.47 Å². The number of aromatic nitrogens is 1. The predicted octanol–water partition coefficient (Wildman–Crippen LogP) is 1.24. The molecule has 0 aliphatic carbocycles. The highest BCUT2D eigenvalue weighted by atomic mass is 16.5. The number of carbonyl (C=O) groups excluding carboxylic acids is 2. The Morgan fingerprint density at radius 1 is 1.28 bits per heavy atom. The molecule has 7 heteroatoms. The summed E-state index contributed by atoms with van der Waals surface area (Å²) < 4.78 is 10.6.